The van der Waals surface area contributed by atoms with E-state index in [-0.39, 0.29) is 6.10 Å². The zero-order chi connectivity index (χ0) is 17.9. The summed E-state index contributed by atoms with van der Waals surface area (Å²) in [5, 5.41) is 8.54. The number of hydrogen-bond donors (Lipinski definition) is 2. The summed E-state index contributed by atoms with van der Waals surface area (Å²) in [5.41, 5.74) is 1.52. The first kappa shape index (κ1) is 17.3. The summed E-state index contributed by atoms with van der Waals surface area (Å²) in [6.45, 7) is 1.93. The fourth-order valence-corrected chi connectivity index (χ4v) is 3.40. The van der Waals surface area contributed by atoms with Crippen LogP contribution in [0.5, 0.6) is 5.75 Å². The van der Waals surface area contributed by atoms with Crippen molar-refractivity contribution in [3.05, 3.63) is 52.6 Å². The van der Waals surface area contributed by atoms with Gasteiger partial charge >= 0.3 is 0 Å². The van der Waals surface area contributed by atoms with Crippen LogP contribution in [0.4, 0.5) is 11.6 Å². The van der Waals surface area contributed by atoms with E-state index in [2.05, 4.69) is 20.6 Å². The van der Waals surface area contributed by atoms with Gasteiger partial charge in [0.25, 0.3) is 0 Å². The van der Waals surface area contributed by atoms with Gasteiger partial charge in [-0.2, -0.15) is 0 Å². The fourth-order valence-electron chi connectivity index (χ4n) is 3.01. The highest BCUT2D eigenvalue weighted by Crippen LogP contribution is 2.32. The molecule has 26 heavy (non-hydrogen) atoms. The van der Waals surface area contributed by atoms with Gasteiger partial charge in [-0.3, -0.25) is 0 Å². The minimum atomic E-state index is 0.180. The summed E-state index contributed by atoms with van der Waals surface area (Å²) in [4.78, 5) is 9.00. The smallest absolute Gasteiger partial charge is 0.227 e. The van der Waals surface area contributed by atoms with Crippen molar-refractivity contribution in [1.29, 1.82) is 0 Å². The number of benzene rings is 2. The van der Waals surface area contributed by atoms with Crippen molar-refractivity contribution in [2.75, 3.05) is 18.4 Å². The molecule has 0 atom stereocenters. The number of rotatable bonds is 4. The van der Waals surface area contributed by atoms with Crippen molar-refractivity contribution in [3.8, 4) is 5.75 Å². The zero-order valence-electron chi connectivity index (χ0n) is 14.0. The average Bonchev–Trinajstić information content (AvgIpc) is 2.65. The number of hydrogen-bond acceptors (Lipinski definition) is 5. The van der Waals surface area contributed by atoms with Crippen molar-refractivity contribution in [2.45, 2.75) is 18.9 Å². The van der Waals surface area contributed by atoms with E-state index < -0.39 is 0 Å². The molecule has 0 saturated carbocycles. The largest absolute Gasteiger partial charge is 0.488 e. The summed E-state index contributed by atoms with van der Waals surface area (Å²) in [6.07, 6.45) is 3.85. The monoisotopic (exact) mass is 388 g/mol. The topological polar surface area (TPSA) is 59.1 Å². The van der Waals surface area contributed by atoms with Crippen LogP contribution in [0.2, 0.25) is 10.0 Å². The van der Waals surface area contributed by atoms with Gasteiger partial charge in [-0.25, -0.2) is 9.97 Å². The van der Waals surface area contributed by atoms with Gasteiger partial charge in [0.2, 0.25) is 5.95 Å². The first-order valence-corrected chi connectivity index (χ1v) is 9.30. The molecular formula is C19H18Cl2N4O. The number of piperidine rings is 1. The molecule has 2 N–H and O–H groups in total. The molecule has 5 nitrogen and oxygen atoms in total. The molecular weight excluding hydrogens is 371 g/mol. The van der Waals surface area contributed by atoms with Crippen LogP contribution in [-0.2, 0) is 0 Å². The molecule has 0 amide bonds. The first-order chi connectivity index (χ1) is 12.7. The van der Waals surface area contributed by atoms with E-state index in [1.54, 1.807) is 6.20 Å². The standard InChI is InChI=1S/C19H18Cl2N4O/c20-12-2-1-3-13(10-12)24-19-23-11-15-16(21)4-5-17(18(15)25-19)26-14-6-8-22-9-7-14/h1-5,10-11,14,22H,6-9H2,(H,23,24,25). The zero-order valence-corrected chi connectivity index (χ0v) is 15.5. The summed E-state index contributed by atoms with van der Waals surface area (Å²) in [6, 6.07) is 11.1. The predicted molar refractivity (Wildman–Crippen MR) is 106 cm³/mol. The lowest BCUT2D eigenvalue weighted by Crippen LogP contribution is -2.34. The number of aromatic nitrogens is 2. The summed E-state index contributed by atoms with van der Waals surface area (Å²) in [7, 11) is 0. The Balaban J connectivity index is 1.67. The van der Waals surface area contributed by atoms with Crippen molar-refractivity contribution >= 4 is 45.7 Å². The second-order valence-corrected chi connectivity index (χ2v) is 7.05. The lowest BCUT2D eigenvalue weighted by molar-refractivity contribution is 0.164. The van der Waals surface area contributed by atoms with E-state index in [0.29, 0.717) is 21.5 Å². The third-order valence-corrected chi connectivity index (χ3v) is 4.89. The second-order valence-electron chi connectivity index (χ2n) is 6.20. The third kappa shape index (κ3) is 3.85. The van der Waals surface area contributed by atoms with Crippen molar-refractivity contribution in [3.63, 3.8) is 0 Å². The van der Waals surface area contributed by atoms with E-state index in [1.165, 1.54) is 0 Å². The van der Waals surface area contributed by atoms with Crippen molar-refractivity contribution in [2.24, 2.45) is 0 Å². The van der Waals surface area contributed by atoms with E-state index >= 15 is 0 Å². The Morgan fingerprint density at radius 2 is 1.96 bits per heavy atom. The molecule has 0 unspecified atom stereocenters. The molecule has 2 aromatic carbocycles. The Bertz CT molecular complexity index is 929. The summed E-state index contributed by atoms with van der Waals surface area (Å²) in [5.74, 6) is 1.20. The van der Waals surface area contributed by atoms with Crippen molar-refractivity contribution < 1.29 is 4.74 Å². The molecule has 1 aromatic heterocycles. The molecule has 1 fully saturated rings. The van der Waals surface area contributed by atoms with E-state index in [0.717, 1.165) is 42.8 Å². The maximum atomic E-state index is 6.32. The molecule has 3 aromatic rings. The van der Waals surface area contributed by atoms with Crippen LogP contribution in [0.15, 0.2) is 42.6 Å². The fraction of sp³-hybridized carbons (Fsp3) is 0.263. The van der Waals surface area contributed by atoms with Crippen LogP contribution in [-0.4, -0.2) is 29.2 Å². The van der Waals surface area contributed by atoms with Crippen LogP contribution in [0.25, 0.3) is 10.9 Å². The second kappa shape index (κ2) is 7.66. The predicted octanol–water partition coefficient (Wildman–Crippen LogP) is 4.81. The van der Waals surface area contributed by atoms with E-state index in [9.17, 15) is 0 Å². The van der Waals surface area contributed by atoms with Gasteiger partial charge in [-0.05, 0) is 56.3 Å². The number of nitrogens with zero attached hydrogens (tertiary/aromatic N) is 2. The van der Waals surface area contributed by atoms with Gasteiger partial charge in [-0.1, -0.05) is 29.3 Å². The number of anilines is 2. The molecule has 2 heterocycles. The minimum absolute atomic E-state index is 0.180. The molecule has 0 radical (unpaired) electrons. The van der Waals surface area contributed by atoms with E-state index in [4.69, 9.17) is 27.9 Å². The minimum Gasteiger partial charge on any atom is -0.488 e. The van der Waals surface area contributed by atoms with Crippen LogP contribution in [0.3, 0.4) is 0 Å². The van der Waals surface area contributed by atoms with Crippen LogP contribution >= 0.6 is 23.2 Å². The maximum absolute atomic E-state index is 6.32. The highest BCUT2D eigenvalue weighted by molar-refractivity contribution is 6.35. The molecule has 134 valence electrons. The number of fused-ring (bicyclic) bond motifs is 1. The average molecular weight is 389 g/mol. The van der Waals surface area contributed by atoms with Gasteiger partial charge in [0, 0.05) is 22.3 Å². The lowest BCUT2D eigenvalue weighted by atomic mass is 10.1. The van der Waals surface area contributed by atoms with Gasteiger partial charge < -0.3 is 15.4 Å². The highest BCUT2D eigenvalue weighted by atomic mass is 35.5. The highest BCUT2D eigenvalue weighted by Gasteiger charge is 2.17. The molecule has 0 aliphatic carbocycles. The van der Waals surface area contributed by atoms with Gasteiger partial charge in [0.05, 0.1) is 5.02 Å². The van der Waals surface area contributed by atoms with Crippen LogP contribution < -0.4 is 15.4 Å². The van der Waals surface area contributed by atoms with E-state index in [1.807, 2.05) is 36.4 Å². The molecule has 0 spiro atoms. The van der Waals surface area contributed by atoms with Gasteiger partial charge in [0.15, 0.2) is 0 Å². The summed E-state index contributed by atoms with van der Waals surface area (Å²) >= 11 is 12.4. The molecule has 7 heteroatoms. The molecule has 0 bridgehead atoms. The van der Waals surface area contributed by atoms with Crippen LogP contribution in [0, 0.1) is 0 Å². The maximum Gasteiger partial charge on any atom is 0.227 e. The number of ether oxygens (including phenoxy) is 1. The molecule has 1 aliphatic heterocycles. The molecule has 1 aliphatic rings. The Labute approximate surface area is 161 Å². The number of nitrogens with one attached hydrogen (secondary N) is 2. The number of halogens is 2. The molecule has 1 saturated heterocycles. The lowest BCUT2D eigenvalue weighted by Gasteiger charge is -2.24. The summed E-state index contributed by atoms with van der Waals surface area (Å²) < 4.78 is 6.21. The van der Waals surface area contributed by atoms with Gasteiger partial charge in [-0.15, -0.1) is 0 Å². The van der Waals surface area contributed by atoms with Gasteiger partial charge in [0.1, 0.15) is 17.4 Å². The SMILES string of the molecule is Clc1cccc(Nc2ncc3c(Cl)ccc(OC4CCNCC4)c3n2)c1. The van der Waals surface area contributed by atoms with Crippen LogP contribution in [0.1, 0.15) is 12.8 Å². The third-order valence-electron chi connectivity index (χ3n) is 4.32. The Kier molecular flexibility index (Phi) is 5.11. The Hall–Kier alpha value is -2.08. The molecule has 4 rings (SSSR count). The Morgan fingerprint density at radius 3 is 2.77 bits per heavy atom. The Morgan fingerprint density at radius 1 is 1.12 bits per heavy atom. The normalized spacial score (nSPS) is 15.2. The quantitative estimate of drug-likeness (QED) is 0.671. The first-order valence-electron chi connectivity index (χ1n) is 8.54. The van der Waals surface area contributed by atoms with Crippen molar-refractivity contribution in [1.82, 2.24) is 15.3 Å².